The van der Waals surface area contributed by atoms with Crippen LogP contribution in [0.2, 0.25) is 0 Å². The van der Waals surface area contributed by atoms with E-state index < -0.39 is 6.29 Å². The standard InChI is InChI=1S/C9H20O3/c1-3-6-9(10)12-8-5-4-7-11-2/h9-10H,3-8H2,1-2H3. The molecule has 0 aromatic heterocycles. The third-order valence-corrected chi connectivity index (χ3v) is 1.59. The van der Waals surface area contributed by atoms with Gasteiger partial charge in [-0.15, -0.1) is 0 Å². The monoisotopic (exact) mass is 176 g/mol. The molecule has 0 aliphatic rings. The summed E-state index contributed by atoms with van der Waals surface area (Å²) in [5.41, 5.74) is 0. The third kappa shape index (κ3) is 7.98. The Bertz CT molecular complexity index is 85.8. The Morgan fingerprint density at radius 2 is 1.92 bits per heavy atom. The van der Waals surface area contributed by atoms with Gasteiger partial charge in [0.2, 0.25) is 0 Å². The summed E-state index contributed by atoms with van der Waals surface area (Å²) in [5, 5.41) is 9.15. The molecule has 3 nitrogen and oxygen atoms in total. The molecule has 0 saturated heterocycles. The second kappa shape index (κ2) is 8.97. The van der Waals surface area contributed by atoms with Crippen LogP contribution in [-0.2, 0) is 9.47 Å². The zero-order valence-electron chi connectivity index (χ0n) is 8.08. The number of hydrogen-bond donors (Lipinski definition) is 1. The van der Waals surface area contributed by atoms with Crippen molar-refractivity contribution in [1.82, 2.24) is 0 Å². The van der Waals surface area contributed by atoms with E-state index in [1.807, 2.05) is 6.92 Å². The van der Waals surface area contributed by atoms with E-state index in [9.17, 15) is 0 Å². The summed E-state index contributed by atoms with van der Waals surface area (Å²) in [7, 11) is 1.69. The first-order chi connectivity index (χ1) is 5.81. The van der Waals surface area contributed by atoms with Gasteiger partial charge >= 0.3 is 0 Å². The number of rotatable bonds is 8. The van der Waals surface area contributed by atoms with Gasteiger partial charge in [-0.05, 0) is 19.3 Å². The molecule has 1 unspecified atom stereocenters. The lowest BCUT2D eigenvalue weighted by atomic mass is 10.3. The maximum absolute atomic E-state index is 9.15. The van der Waals surface area contributed by atoms with E-state index in [0.29, 0.717) is 6.61 Å². The van der Waals surface area contributed by atoms with Gasteiger partial charge in [-0.3, -0.25) is 0 Å². The van der Waals surface area contributed by atoms with E-state index in [0.717, 1.165) is 32.3 Å². The molecular weight excluding hydrogens is 156 g/mol. The highest BCUT2D eigenvalue weighted by Crippen LogP contribution is 1.99. The van der Waals surface area contributed by atoms with Crippen molar-refractivity contribution in [1.29, 1.82) is 0 Å². The summed E-state index contributed by atoms with van der Waals surface area (Å²) < 4.78 is 10.0. The van der Waals surface area contributed by atoms with E-state index in [4.69, 9.17) is 14.6 Å². The minimum absolute atomic E-state index is 0.572. The Morgan fingerprint density at radius 1 is 1.25 bits per heavy atom. The quantitative estimate of drug-likeness (QED) is 0.450. The zero-order chi connectivity index (χ0) is 9.23. The van der Waals surface area contributed by atoms with Crippen molar-refractivity contribution in [2.24, 2.45) is 0 Å². The normalized spacial score (nSPS) is 13.2. The lowest BCUT2D eigenvalue weighted by molar-refractivity contribution is -0.104. The van der Waals surface area contributed by atoms with E-state index >= 15 is 0 Å². The molecule has 0 aromatic carbocycles. The van der Waals surface area contributed by atoms with Gasteiger partial charge in [0.15, 0.2) is 6.29 Å². The van der Waals surface area contributed by atoms with Crippen LogP contribution in [0.3, 0.4) is 0 Å². The second-order valence-corrected chi connectivity index (χ2v) is 2.81. The SMILES string of the molecule is CCCC(O)OCCCCOC. The molecule has 0 spiro atoms. The fourth-order valence-electron chi connectivity index (χ4n) is 0.898. The fraction of sp³-hybridized carbons (Fsp3) is 1.00. The highest BCUT2D eigenvalue weighted by molar-refractivity contribution is 4.41. The van der Waals surface area contributed by atoms with Crippen LogP contribution in [0.4, 0.5) is 0 Å². The highest BCUT2D eigenvalue weighted by atomic mass is 16.6. The van der Waals surface area contributed by atoms with Gasteiger partial charge < -0.3 is 14.6 Å². The van der Waals surface area contributed by atoms with E-state index in [1.54, 1.807) is 7.11 Å². The Hall–Kier alpha value is -0.120. The van der Waals surface area contributed by atoms with Gasteiger partial charge in [0.05, 0.1) is 0 Å². The van der Waals surface area contributed by atoms with E-state index in [-0.39, 0.29) is 0 Å². The second-order valence-electron chi connectivity index (χ2n) is 2.81. The Kier molecular flexibility index (Phi) is 8.88. The average molecular weight is 176 g/mol. The lowest BCUT2D eigenvalue weighted by Gasteiger charge is -2.09. The van der Waals surface area contributed by atoms with Crippen LogP contribution in [0.25, 0.3) is 0 Å². The van der Waals surface area contributed by atoms with Crippen molar-refractivity contribution in [3.8, 4) is 0 Å². The summed E-state index contributed by atoms with van der Waals surface area (Å²) in [6.45, 7) is 3.43. The summed E-state index contributed by atoms with van der Waals surface area (Å²) in [6.07, 6.45) is 3.06. The third-order valence-electron chi connectivity index (χ3n) is 1.59. The number of aliphatic hydroxyl groups excluding tert-OH is 1. The number of aliphatic hydroxyl groups is 1. The van der Waals surface area contributed by atoms with Crippen molar-refractivity contribution in [2.75, 3.05) is 20.3 Å². The van der Waals surface area contributed by atoms with Crippen molar-refractivity contribution in [3.63, 3.8) is 0 Å². The van der Waals surface area contributed by atoms with Crippen LogP contribution in [0, 0.1) is 0 Å². The van der Waals surface area contributed by atoms with Gasteiger partial charge in [-0.1, -0.05) is 13.3 Å². The Balaban J connectivity index is 2.97. The van der Waals surface area contributed by atoms with Crippen molar-refractivity contribution in [3.05, 3.63) is 0 Å². The first-order valence-corrected chi connectivity index (χ1v) is 4.59. The molecule has 0 bridgehead atoms. The molecule has 0 aliphatic heterocycles. The lowest BCUT2D eigenvalue weighted by Crippen LogP contribution is -2.12. The summed E-state index contributed by atoms with van der Waals surface area (Å²) in [4.78, 5) is 0. The smallest absolute Gasteiger partial charge is 0.154 e. The molecule has 1 N–H and O–H groups in total. The van der Waals surface area contributed by atoms with Gasteiger partial charge in [0, 0.05) is 20.3 Å². The molecule has 0 saturated carbocycles. The first-order valence-electron chi connectivity index (χ1n) is 4.59. The summed E-state index contributed by atoms with van der Waals surface area (Å²) in [5.74, 6) is 0. The number of hydrogen-bond acceptors (Lipinski definition) is 3. The molecule has 1 atom stereocenters. The molecule has 0 aliphatic carbocycles. The molecule has 0 heterocycles. The van der Waals surface area contributed by atoms with Gasteiger partial charge in [-0.25, -0.2) is 0 Å². The van der Waals surface area contributed by atoms with Crippen LogP contribution in [0.15, 0.2) is 0 Å². The predicted octanol–water partition coefficient (Wildman–Crippen LogP) is 1.55. The largest absolute Gasteiger partial charge is 0.385 e. The van der Waals surface area contributed by atoms with Gasteiger partial charge in [-0.2, -0.15) is 0 Å². The van der Waals surface area contributed by atoms with Crippen molar-refractivity contribution < 1.29 is 14.6 Å². The first kappa shape index (κ1) is 11.9. The Morgan fingerprint density at radius 3 is 2.50 bits per heavy atom. The molecule has 0 aromatic rings. The van der Waals surface area contributed by atoms with Crippen molar-refractivity contribution in [2.45, 2.75) is 38.9 Å². The molecular formula is C9H20O3. The highest BCUT2D eigenvalue weighted by Gasteiger charge is 2.00. The predicted molar refractivity (Wildman–Crippen MR) is 48.0 cm³/mol. The minimum atomic E-state index is -0.572. The minimum Gasteiger partial charge on any atom is -0.385 e. The maximum Gasteiger partial charge on any atom is 0.154 e. The average Bonchev–Trinajstić information content (AvgIpc) is 2.05. The maximum atomic E-state index is 9.15. The molecule has 0 rings (SSSR count). The molecule has 0 fully saturated rings. The van der Waals surface area contributed by atoms with Gasteiger partial charge in [0.25, 0.3) is 0 Å². The summed E-state index contributed by atoms with van der Waals surface area (Å²) in [6, 6.07) is 0. The van der Waals surface area contributed by atoms with Gasteiger partial charge in [0.1, 0.15) is 0 Å². The molecule has 0 amide bonds. The van der Waals surface area contributed by atoms with Crippen LogP contribution >= 0.6 is 0 Å². The molecule has 0 radical (unpaired) electrons. The number of methoxy groups -OCH3 is 1. The fourth-order valence-corrected chi connectivity index (χ4v) is 0.898. The number of ether oxygens (including phenoxy) is 2. The van der Waals surface area contributed by atoms with Crippen LogP contribution < -0.4 is 0 Å². The molecule has 3 heteroatoms. The molecule has 12 heavy (non-hydrogen) atoms. The van der Waals surface area contributed by atoms with Crippen molar-refractivity contribution >= 4 is 0 Å². The zero-order valence-corrected chi connectivity index (χ0v) is 8.08. The Labute approximate surface area is 74.7 Å². The van der Waals surface area contributed by atoms with Crippen LogP contribution in [0.5, 0.6) is 0 Å². The number of unbranched alkanes of at least 4 members (excludes halogenated alkanes) is 1. The topological polar surface area (TPSA) is 38.7 Å². The summed E-state index contributed by atoms with van der Waals surface area (Å²) >= 11 is 0. The van der Waals surface area contributed by atoms with E-state index in [1.165, 1.54) is 0 Å². The van der Waals surface area contributed by atoms with Crippen LogP contribution in [-0.4, -0.2) is 31.7 Å². The van der Waals surface area contributed by atoms with Crippen LogP contribution in [0.1, 0.15) is 32.6 Å². The molecule has 74 valence electrons. The van der Waals surface area contributed by atoms with E-state index in [2.05, 4.69) is 0 Å².